The highest BCUT2D eigenvalue weighted by Gasteiger charge is 2.37. The maximum Gasteiger partial charge on any atom is 0.119 e. The number of phenols is 1. The zero-order valence-electron chi connectivity index (χ0n) is 11.9. The number of para-hydroxylation sites is 1. The van der Waals surface area contributed by atoms with E-state index in [4.69, 9.17) is 0 Å². The molecule has 0 fully saturated rings. The van der Waals surface area contributed by atoms with Crippen molar-refractivity contribution in [3.63, 3.8) is 0 Å². The van der Waals surface area contributed by atoms with Crippen molar-refractivity contribution in [1.29, 1.82) is 0 Å². The second kappa shape index (κ2) is 4.86. The van der Waals surface area contributed by atoms with Gasteiger partial charge in [-0.15, -0.1) is 0 Å². The summed E-state index contributed by atoms with van der Waals surface area (Å²) in [6.45, 7) is 6.12. The second-order valence-corrected chi connectivity index (χ2v) is 6.30. The second-order valence-electron chi connectivity index (χ2n) is 6.30. The van der Waals surface area contributed by atoms with Crippen LogP contribution in [-0.2, 0) is 6.42 Å². The van der Waals surface area contributed by atoms with Crippen LogP contribution in [0.25, 0.3) is 0 Å². The molecule has 1 unspecified atom stereocenters. The third-order valence-electron chi connectivity index (χ3n) is 3.93. The Morgan fingerprint density at radius 2 is 1.89 bits per heavy atom. The lowest BCUT2D eigenvalue weighted by molar-refractivity contribution is -0.0121. The van der Waals surface area contributed by atoms with Crippen molar-refractivity contribution in [3.8, 4) is 5.75 Å². The molecule has 0 aliphatic heterocycles. The van der Waals surface area contributed by atoms with E-state index < -0.39 is 5.60 Å². The molecule has 1 atom stereocenters. The SMILES string of the molecule is CC(C)(C)C1(O)C=CC(Cc2ccccc2O)=CC1. The Balaban J connectivity index is 2.12. The molecule has 0 heterocycles. The molecule has 0 spiro atoms. The predicted octanol–water partition coefficient (Wildman–Crippen LogP) is 3.60. The summed E-state index contributed by atoms with van der Waals surface area (Å²) in [7, 11) is 0. The summed E-state index contributed by atoms with van der Waals surface area (Å²) in [5.41, 5.74) is 1.09. The monoisotopic (exact) mass is 258 g/mol. The zero-order chi connectivity index (χ0) is 14.1. The minimum absolute atomic E-state index is 0.180. The predicted molar refractivity (Wildman–Crippen MR) is 78.1 cm³/mol. The number of hydrogen-bond acceptors (Lipinski definition) is 2. The van der Waals surface area contributed by atoms with Crippen molar-refractivity contribution in [2.75, 3.05) is 0 Å². The van der Waals surface area contributed by atoms with Gasteiger partial charge in [-0.2, -0.15) is 0 Å². The molecular formula is C17H22O2. The van der Waals surface area contributed by atoms with Gasteiger partial charge in [0.05, 0.1) is 5.60 Å². The molecule has 2 nitrogen and oxygen atoms in total. The van der Waals surface area contributed by atoms with E-state index in [1.807, 2.05) is 51.1 Å². The van der Waals surface area contributed by atoms with Crippen molar-refractivity contribution in [2.45, 2.75) is 39.2 Å². The molecule has 0 aromatic heterocycles. The lowest BCUT2D eigenvalue weighted by Gasteiger charge is -2.39. The first-order chi connectivity index (χ1) is 8.82. The Morgan fingerprint density at radius 3 is 2.42 bits per heavy atom. The van der Waals surface area contributed by atoms with Crippen molar-refractivity contribution in [2.24, 2.45) is 5.41 Å². The average Bonchev–Trinajstić information content (AvgIpc) is 2.34. The van der Waals surface area contributed by atoms with Gasteiger partial charge in [0.15, 0.2) is 0 Å². The van der Waals surface area contributed by atoms with Crippen molar-refractivity contribution in [3.05, 3.63) is 53.6 Å². The van der Waals surface area contributed by atoms with Gasteiger partial charge in [-0.25, -0.2) is 0 Å². The summed E-state index contributed by atoms with van der Waals surface area (Å²) < 4.78 is 0. The summed E-state index contributed by atoms with van der Waals surface area (Å²) in [6.07, 6.45) is 7.25. The number of aromatic hydroxyl groups is 1. The standard InChI is InChI=1S/C17H22O2/c1-16(2,3)17(19)10-8-13(9-11-17)12-14-6-4-5-7-15(14)18/h4-10,18-19H,11-12H2,1-3H3. The summed E-state index contributed by atoms with van der Waals surface area (Å²) in [6, 6.07) is 7.37. The number of benzene rings is 1. The molecule has 1 aliphatic rings. The largest absolute Gasteiger partial charge is 0.508 e. The first kappa shape index (κ1) is 13.9. The first-order valence-electron chi connectivity index (χ1n) is 6.69. The molecule has 19 heavy (non-hydrogen) atoms. The van der Waals surface area contributed by atoms with Crippen LogP contribution in [0.5, 0.6) is 5.75 Å². The third kappa shape index (κ3) is 2.90. The molecule has 2 N–H and O–H groups in total. The van der Waals surface area contributed by atoms with E-state index in [1.165, 1.54) is 0 Å². The van der Waals surface area contributed by atoms with Crippen LogP contribution in [0.3, 0.4) is 0 Å². The highest BCUT2D eigenvalue weighted by atomic mass is 16.3. The summed E-state index contributed by atoms with van der Waals surface area (Å²) in [5, 5.41) is 20.3. The maximum absolute atomic E-state index is 10.6. The Hall–Kier alpha value is -1.54. The Labute approximate surface area is 115 Å². The molecule has 0 amide bonds. The normalized spacial score (nSPS) is 23.3. The van der Waals surface area contributed by atoms with Crippen LogP contribution >= 0.6 is 0 Å². The van der Waals surface area contributed by atoms with E-state index in [0.29, 0.717) is 18.6 Å². The molecule has 2 rings (SSSR count). The minimum atomic E-state index is -0.783. The van der Waals surface area contributed by atoms with E-state index >= 15 is 0 Å². The third-order valence-corrected chi connectivity index (χ3v) is 3.93. The van der Waals surface area contributed by atoms with Gasteiger partial charge in [-0.1, -0.05) is 57.2 Å². The molecule has 1 aromatic carbocycles. The Bertz CT molecular complexity index is 520. The fourth-order valence-corrected chi connectivity index (χ4v) is 2.24. The van der Waals surface area contributed by atoms with Crippen LogP contribution in [-0.4, -0.2) is 15.8 Å². The van der Waals surface area contributed by atoms with Crippen molar-refractivity contribution >= 4 is 0 Å². The fourth-order valence-electron chi connectivity index (χ4n) is 2.24. The number of allylic oxidation sites excluding steroid dienone is 2. The lowest BCUT2D eigenvalue weighted by Crippen LogP contribution is -2.41. The average molecular weight is 258 g/mol. The number of aliphatic hydroxyl groups is 1. The van der Waals surface area contributed by atoms with E-state index in [2.05, 4.69) is 6.08 Å². The molecule has 0 radical (unpaired) electrons. The number of rotatable bonds is 2. The van der Waals surface area contributed by atoms with E-state index in [0.717, 1.165) is 11.1 Å². The highest BCUT2D eigenvalue weighted by molar-refractivity contribution is 5.39. The Kier molecular flexibility index (Phi) is 3.55. The summed E-state index contributed by atoms with van der Waals surface area (Å²) >= 11 is 0. The molecule has 2 heteroatoms. The van der Waals surface area contributed by atoms with Crippen molar-refractivity contribution in [1.82, 2.24) is 0 Å². The number of phenolic OH excluding ortho intramolecular Hbond substituents is 1. The van der Waals surface area contributed by atoms with Gasteiger partial charge in [0.1, 0.15) is 5.75 Å². The lowest BCUT2D eigenvalue weighted by atomic mass is 9.72. The van der Waals surface area contributed by atoms with Gasteiger partial charge >= 0.3 is 0 Å². The topological polar surface area (TPSA) is 40.5 Å². The van der Waals surface area contributed by atoms with Crippen LogP contribution in [0.1, 0.15) is 32.8 Å². The fraction of sp³-hybridized carbons (Fsp3) is 0.412. The molecule has 0 saturated carbocycles. The van der Waals surface area contributed by atoms with Crippen LogP contribution in [0.15, 0.2) is 48.1 Å². The van der Waals surface area contributed by atoms with E-state index in [1.54, 1.807) is 6.07 Å². The van der Waals surface area contributed by atoms with Gasteiger partial charge in [-0.3, -0.25) is 0 Å². The maximum atomic E-state index is 10.6. The minimum Gasteiger partial charge on any atom is -0.508 e. The van der Waals surface area contributed by atoms with Gasteiger partial charge in [0.2, 0.25) is 0 Å². The van der Waals surface area contributed by atoms with E-state index in [9.17, 15) is 10.2 Å². The quantitative estimate of drug-likeness (QED) is 0.851. The molecular weight excluding hydrogens is 236 g/mol. The van der Waals surface area contributed by atoms with Crippen LogP contribution in [0.2, 0.25) is 0 Å². The molecule has 0 saturated heterocycles. The van der Waals surface area contributed by atoms with Gasteiger partial charge in [0, 0.05) is 6.42 Å². The van der Waals surface area contributed by atoms with Gasteiger partial charge in [-0.05, 0) is 29.0 Å². The van der Waals surface area contributed by atoms with Gasteiger partial charge in [0.25, 0.3) is 0 Å². The van der Waals surface area contributed by atoms with Crippen molar-refractivity contribution < 1.29 is 10.2 Å². The molecule has 102 valence electrons. The highest BCUT2D eigenvalue weighted by Crippen LogP contribution is 2.38. The number of hydrogen-bond donors (Lipinski definition) is 2. The van der Waals surface area contributed by atoms with Crippen LogP contribution in [0.4, 0.5) is 0 Å². The summed E-state index contributed by atoms with van der Waals surface area (Å²) in [5.74, 6) is 0.327. The smallest absolute Gasteiger partial charge is 0.119 e. The Morgan fingerprint density at radius 1 is 1.21 bits per heavy atom. The van der Waals surface area contributed by atoms with Gasteiger partial charge < -0.3 is 10.2 Å². The zero-order valence-corrected chi connectivity index (χ0v) is 11.9. The van der Waals surface area contributed by atoms with E-state index in [-0.39, 0.29) is 5.41 Å². The molecule has 1 aliphatic carbocycles. The molecule has 1 aromatic rings. The summed E-state index contributed by atoms with van der Waals surface area (Å²) in [4.78, 5) is 0. The van der Waals surface area contributed by atoms with Crippen LogP contribution < -0.4 is 0 Å². The first-order valence-corrected chi connectivity index (χ1v) is 6.69. The van der Waals surface area contributed by atoms with Crippen LogP contribution in [0, 0.1) is 5.41 Å². The molecule has 0 bridgehead atoms.